The van der Waals surface area contributed by atoms with Crippen LogP contribution in [-0.4, -0.2) is 17.6 Å². The number of amides is 2. The molecule has 166 valence electrons. The normalized spacial score (nSPS) is 11.3. The van der Waals surface area contributed by atoms with E-state index in [0.29, 0.717) is 0 Å². The summed E-state index contributed by atoms with van der Waals surface area (Å²) in [5.74, 6) is -1.08. The molecule has 0 aromatic heterocycles. The molecule has 2 N–H and O–H groups in total. The average molecular weight is 459 g/mol. The first-order valence-electron chi connectivity index (χ1n) is 9.74. The summed E-state index contributed by atoms with van der Waals surface area (Å²) >= 11 is 1.33. The smallest absolute Gasteiger partial charge is 0.326 e. The van der Waals surface area contributed by atoms with Gasteiger partial charge in [0, 0.05) is 12.6 Å². The van der Waals surface area contributed by atoms with Crippen LogP contribution in [0.4, 0.5) is 24.5 Å². The molecule has 0 aliphatic carbocycles. The van der Waals surface area contributed by atoms with E-state index in [2.05, 4.69) is 10.6 Å². The molecule has 0 aliphatic heterocycles. The van der Waals surface area contributed by atoms with Crippen LogP contribution in [0.5, 0.6) is 0 Å². The fraction of sp³-hybridized carbons (Fsp3) is 0.167. The minimum absolute atomic E-state index is 0.00502. The van der Waals surface area contributed by atoms with Gasteiger partial charge in [0.2, 0.25) is 11.8 Å². The van der Waals surface area contributed by atoms with Crippen molar-refractivity contribution in [3.05, 3.63) is 95.6 Å². The summed E-state index contributed by atoms with van der Waals surface area (Å²) in [6, 6.07) is 22.5. The van der Waals surface area contributed by atoms with Crippen LogP contribution in [0.1, 0.15) is 28.9 Å². The van der Waals surface area contributed by atoms with Crippen molar-refractivity contribution in [3.8, 4) is 0 Å². The number of halogens is 3. The molecule has 0 radical (unpaired) electrons. The molecule has 4 nitrogen and oxygen atoms in total. The maximum atomic E-state index is 13.5. The minimum Gasteiger partial charge on any atom is -0.326 e. The molecule has 0 fully saturated rings. The Hall–Kier alpha value is -3.26. The molecule has 0 unspecified atom stereocenters. The van der Waals surface area contributed by atoms with Crippen LogP contribution in [0.2, 0.25) is 0 Å². The molecular formula is C24H21F3N2O2S. The third kappa shape index (κ3) is 6.37. The summed E-state index contributed by atoms with van der Waals surface area (Å²) in [5, 5.41) is 4.54. The van der Waals surface area contributed by atoms with Gasteiger partial charge in [-0.25, -0.2) is 0 Å². The van der Waals surface area contributed by atoms with Crippen molar-refractivity contribution < 1.29 is 22.8 Å². The van der Waals surface area contributed by atoms with E-state index in [4.69, 9.17) is 0 Å². The summed E-state index contributed by atoms with van der Waals surface area (Å²) in [4.78, 5) is 23.7. The lowest BCUT2D eigenvalue weighted by molar-refractivity contribution is -0.137. The Bertz CT molecular complexity index is 1030. The van der Waals surface area contributed by atoms with Gasteiger partial charge in [-0.05, 0) is 29.3 Å². The van der Waals surface area contributed by atoms with E-state index >= 15 is 0 Å². The molecule has 3 rings (SSSR count). The van der Waals surface area contributed by atoms with E-state index < -0.39 is 23.6 Å². The third-order valence-electron chi connectivity index (χ3n) is 4.51. The Labute approximate surface area is 188 Å². The quantitative estimate of drug-likeness (QED) is 0.448. The largest absolute Gasteiger partial charge is 0.418 e. The van der Waals surface area contributed by atoms with Gasteiger partial charge in [-0.15, -0.1) is 11.8 Å². The van der Waals surface area contributed by atoms with Crippen LogP contribution in [0.3, 0.4) is 0 Å². The number of carbonyl (C=O) groups is 2. The van der Waals surface area contributed by atoms with Gasteiger partial charge < -0.3 is 10.6 Å². The number of nitrogens with one attached hydrogen (secondary N) is 2. The summed E-state index contributed by atoms with van der Waals surface area (Å²) in [7, 11) is 0. The lowest BCUT2D eigenvalue weighted by Gasteiger charge is -2.19. The lowest BCUT2D eigenvalue weighted by atomic mass is 10.0. The van der Waals surface area contributed by atoms with Crippen LogP contribution in [0.25, 0.3) is 0 Å². The van der Waals surface area contributed by atoms with Gasteiger partial charge in [-0.2, -0.15) is 13.2 Å². The standard InChI is InChI=1S/C24H21F3N2O2S/c1-16(30)28-19-12-13-21(20(14-19)24(25,26)27)29-22(31)15-32-23(17-8-4-2-5-9-17)18-10-6-3-7-11-18/h2-14,23H,15H2,1H3,(H,28,30)(H,29,31). The van der Waals surface area contributed by atoms with E-state index in [1.165, 1.54) is 24.8 Å². The first kappa shape index (κ1) is 23.4. The second-order valence-electron chi connectivity index (χ2n) is 7.00. The molecule has 0 saturated carbocycles. The highest BCUT2D eigenvalue weighted by Crippen LogP contribution is 2.38. The van der Waals surface area contributed by atoms with Gasteiger partial charge in [0.15, 0.2) is 0 Å². The minimum atomic E-state index is -4.69. The zero-order chi connectivity index (χ0) is 23.1. The molecule has 0 heterocycles. The average Bonchev–Trinajstić information content (AvgIpc) is 2.75. The Balaban J connectivity index is 1.76. The molecule has 0 spiro atoms. The van der Waals surface area contributed by atoms with Gasteiger partial charge in [-0.1, -0.05) is 60.7 Å². The van der Waals surface area contributed by atoms with E-state index in [9.17, 15) is 22.8 Å². The second-order valence-corrected chi connectivity index (χ2v) is 8.09. The van der Waals surface area contributed by atoms with Gasteiger partial charge >= 0.3 is 6.18 Å². The highest BCUT2D eigenvalue weighted by Gasteiger charge is 2.34. The lowest BCUT2D eigenvalue weighted by Crippen LogP contribution is -2.19. The van der Waals surface area contributed by atoms with Crippen LogP contribution < -0.4 is 10.6 Å². The highest BCUT2D eigenvalue weighted by atomic mass is 32.2. The number of thioether (sulfide) groups is 1. The van der Waals surface area contributed by atoms with Crippen LogP contribution in [-0.2, 0) is 15.8 Å². The topological polar surface area (TPSA) is 58.2 Å². The molecule has 0 aliphatic rings. The SMILES string of the molecule is CC(=O)Nc1ccc(NC(=O)CSC(c2ccccc2)c2ccccc2)c(C(F)(F)F)c1. The Morgan fingerprint density at radius 3 is 1.94 bits per heavy atom. The molecule has 3 aromatic carbocycles. The van der Waals surface area contributed by atoms with Crippen LogP contribution >= 0.6 is 11.8 Å². The van der Waals surface area contributed by atoms with E-state index in [1.54, 1.807) is 0 Å². The van der Waals surface area contributed by atoms with Gasteiger partial charge in [0.25, 0.3) is 0 Å². The van der Waals surface area contributed by atoms with Crippen LogP contribution in [0.15, 0.2) is 78.9 Å². The van der Waals surface area contributed by atoms with Crippen molar-refractivity contribution in [1.82, 2.24) is 0 Å². The summed E-state index contributed by atoms with van der Waals surface area (Å²) in [5.41, 5.74) is 0.614. The number of anilines is 2. The van der Waals surface area contributed by atoms with E-state index in [-0.39, 0.29) is 22.4 Å². The van der Waals surface area contributed by atoms with Crippen molar-refractivity contribution in [2.24, 2.45) is 0 Å². The molecule has 32 heavy (non-hydrogen) atoms. The van der Waals surface area contributed by atoms with Crippen molar-refractivity contribution in [2.45, 2.75) is 18.3 Å². The molecular weight excluding hydrogens is 437 g/mol. The number of alkyl halides is 3. The maximum absolute atomic E-state index is 13.5. The number of rotatable bonds is 7. The second kappa shape index (κ2) is 10.4. The predicted octanol–water partition coefficient (Wildman–Crippen LogP) is 6.13. The van der Waals surface area contributed by atoms with Crippen LogP contribution in [0, 0.1) is 0 Å². The van der Waals surface area contributed by atoms with Crippen molar-refractivity contribution in [1.29, 1.82) is 0 Å². The van der Waals surface area contributed by atoms with Gasteiger partial charge in [0.1, 0.15) is 0 Å². The Morgan fingerprint density at radius 2 is 1.44 bits per heavy atom. The fourth-order valence-electron chi connectivity index (χ4n) is 3.15. The predicted molar refractivity (Wildman–Crippen MR) is 122 cm³/mol. The molecule has 2 amide bonds. The Morgan fingerprint density at radius 1 is 0.875 bits per heavy atom. The number of benzene rings is 3. The van der Waals surface area contributed by atoms with E-state index in [1.807, 2.05) is 60.7 Å². The Kier molecular flexibility index (Phi) is 7.58. The summed E-state index contributed by atoms with van der Waals surface area (Å²) in [6.07, 6.45) is -4.69. The summed E-state index contributed by atoms with van der Waals surface area (Å²) < 4.78 is 40.5. The van der Waals surface area contributed by atoms with Gasteiger partial charge in [0.05, 0.1) is 22.3 Å². The molecule has 0 saturated heterocycles. The number of hydrogen-bond donors (Lipinski definition) is 2. The first-order valence-corrected chi connectivity index (χ1v) is 10.8. The van der Waals surface area contributed by atoms with E-state index in [0.717, 1.165) is 23.3 Å². The molecule has 0 bridgehead atoms. The van der Waals surface area contributed by atoms with Crippen molar-refractivity contribution in [2.75, 3.05) is 16.4 Å². The molecule has 3 aromatic rings. The van der Waals surface area contributed by atoms with Crippen molar-refractivity contribution >= 4 is 35.0 Å². The number of carbonyl (C=O) groups excluding carboxylic acids is 2. The zero-order valence-corrected chi connectivity index (χ0v) is 18.0. The molecule has 0 atom stereocenters. The third-order valence-corrected chi connectivity index (χ3v) is 5.81. The summed E-state index contributed by atoms with van der Waals surface area (Å²) in [6.45, 7) is 1.20. The highest BCUT2D eigenvalue weighted by molar-refractivity contribution is 8.00. The monoisotopic (exact) mass is 458 g/mol. The maximum Gasteiger partial charge on any atom is 0.418 e. The number of hydrogen-bond acceptors (Lipinski definition) is 3. The fourth-order valence-corrected chi connectivity index (χ4v) is 4.24. The molecule has 8 heteroatoms. The first-order chi connectivity index (χ1) is 15.2. The van der Waals surface area contributed by atoms with Gasteiger partial charge in [-0.3, -0.25) is 9.59 Å². The zero-order valence-electron chi connectivity index (χ0n) is 17.1. The van der Waals surface area contributed by atoms with Crippen molar-refractivity contribution in [3.63, 3.8) is 0 Å².